The highest BCUT2D eigenvalue weighted by Crippen LogP contribution is 2.36. The van der Waals surface area contributed by atoms with Crippen molar-refractivity contribution in [2.45, 2.75) is 51.0 Å². The third-order valence-electron chi connectivity index (χ3n) is 7.98. The normalized spacial score (nSPS) is 18.4. The second-order valence-corrected chi connectivity index (χ2v) is 10.9. The highest BCUT2D eigenvalue weighted by molar-refractivity contribution is 6.01. The average molecular weight is 563 g/mol. The Labute approximate surface area is 236 Å². The highest BCUT2D eigenvalue weighted by Gasteiger charge is 2.27. The summed E-state index contributed by atoms with van der Waals surface area (Å²) in [5.41, 5.74) is 1.32. The Hall–Kier alpha value is -3.83. The van der Waals surface area contributed by atoms with E-state index in [0.717, 1.165) is 31.5 Å². The average Bonchev–Trinajstić information content (AvgIpc) is 3.61. The largest absolute Gasteiger partial charge is 0.392 e. The van der Waals surface area contributed by atoms with E-state index in [1.807, 2.05) is 4.90 Å². The Morgan fingerprint density at radius 1 is 1.10 bits per heavy atom. The predicted molar refractivity (Wildman–Crippen MR) is 149 cm³/mol. The van der Waals surface area contributed by atoms with Gasteiger partial charge in [0.05, 0.1) is 23.7 Å². The van der Waals surface area contributed by atoms with Crippen molar-refractivity contribution < 1.29 is 23.2 Å². The highest BCUT2D eigenvalue weighted by atomic mass is 19.1. The molecule has 2 aliphatic rings. The fourth-order valence-electron chi connectivity index (χ4n) is 5.84. The molecule has 4 aromatic rings. The van der Waals surface area contributed by atoms with Gasteiger partial charge in [-0.3, -0.25) is 9.69 Å². The number of rotatable bonds is 8. The molecule has 2 fully saturated rings. The van der Waals surface area contributed by atoms with Crippen LogP contribution in [-0.2, 0) is 6.42 Å². The summed E-state index contributed by atoms with van der Waals surface area (Å²) < 4.78 is 35.5. The number of β-amino-alcohol motifs (C(OH)–C–C–N with tert-alkyl or cyclic N) is 1. The number of aryl methyl sites for hydroxylation is 1. The molecule has 6 rings (SSSR count). The number of ketones is 1. The summed E-state index contributed by atoms with van der Waals surface area (Å²) in [5.74, 6) is 0.676. The van der Waals surface area contributed by atoms with Gasteiger partial charge < -0.3 is 14.5 Å². The summed E-state index contributed by atoms with van der Waals surface area (Å²) in [6.45, 7) is 4.46. The number of nitrogens with zero attached hydrogens (tertiary/aromatic N) is 6. The molecule has 1 N–H and O–H groups in total. The Bertz CT molecular complexity index is 1570. The number of carbonyl (C=O) groups is 1. The molecule has 11 heteroatoms. The van der Waals surface area contributed by atoms with Crippen LogP contribution < -0.4 is 4.90 Å². The van der Waals surface area contributed by atoms with Crippen molar-refractivity contribution >= 4 is 22.5 Å². The van der Waals surface area contributed by atoms with E-state index in [2.05, 4.69) is 31.9 Å². The van der Waals surface area contributed by atoms with Crippen LogP contribution >= 0.6 is 0 Å². The van der Waals surface area contributed by atoms with Crippen LogP contribution in [0.1, 0.15) is 60.6 Å². The first-order valence-corrected chi connectivity index (χ1v) is 14.1. The molecule has 0 radical (unpaired) electrons. The van der Waals surface area contributed by atoms with Gasteiger partial charge in [-0.05, 0) is 55.5 Å². The van der Waals surface area contributed by atoms with E-state index in [1.165, 1.54) is 30.6 Å². The van der Waals surface area contributed by atoms with Gasteiger partial charge in [-0.1, -0.05) is 18.1 Å². The summed E-state index contributed by atoms with van der Waals surface area (Å²) in [6.07, 6.45) is 4.89. The number of hydrogen-bond donors (Lipinski definition) is 1. The Morgan fingerprint density at radius 2 is 1.93 bits per heavy atom. The second kappa shape index (κ2) is 11.6. The molecule has 1 unspecified atom stereocenters. The van der Waals surface area contributed by atoms with E-state index in [1.54, 1.807) is 6.07 Å². The molecule has 2 aromatic carbocycles. The molecule has 2 aliphatic heterocycles. The van der Waals surface area contributed by atoms with Crippen LogP contribution in [0.15, 0.2) is 41.2 Å². The number of aliphatic hydroxyl groups is 1. The van der Waals surface area contributed by atoms with Crippen LogP contribution in [-0.4, -0.2) is 74.7 Å². The molecule has 2 saturated heterocycles. The molecule has 0 amide bonds. The summed E-state index contributed by atoms with van der Waals surface area (Å²) in [4.78, 5) is 30.1. The van der Waals surface area contributed by atoms with Gasteiger partial charge >= 0.3 is 0 Å². The van der Waals surface area contributed by atoms with Crippen LogP contribution in [0.5, 0.6) is 0 Å². The number of piperidine rings is 1. The molecule has 1 atom stereocenters. The number of anilines is 1. The van der Waals surface area contributed by atoms with Gasteiger partial charge in [-0.25, -0.2) is 18.7 Å². The van der Waals surface area contributed by atoms with Crippen LogP contribution in [0.25, 0.3) is 22.0 Å². The minimum atomic E-state index is -0.676. The van der Waals surface area contributed by atoms with Gasteiger partial charge in [0.25, 0.3) is 0 Å². The molecule has 0 spiro atoms. The fourth-order valence-corrected chi connectivity index (χ4v) is 5.84. The maximum absolute atomic E-state index is 15.2. The minimum absolute atomic E-state index is 0.0301. The fraction of sp³-hybridized carbons (Fsp3) is 0.433. The number of likely N-dealkylation sites (tertiary alicyclic amines) is 1. The molecule has 2 aromatic heterocycles. The Kier molecular flexibility index (Phi) is 7.72. The van der Waals surface area contributed by atoms with Crippen molar-refractivity contribution in [2.75, 3.05) is 37.6 Å². The van der Waals surface area contributed by atoms with E-state index in [9.17, 15) is 14.3 Å². The first-order valence-electron chi connectivity index (χ1n) is 14.1. The quantitative estimate of drug-likeness (QED) is 0.310. The van der Waals surface area contributed by atoms with Gasteiger partial charge in [-0.15, -0.1) is 0 Å². The van der Waals surface area contributed by atoms with E-state index in [4.69, 9.17) is 4.52 Å². The van der Waals surface area contributed by atoms with Crippen LogP contribution in [0.4, 0.5) is 14.6 Å². The lowest BCUT2D eigenvalue weighted by Gasteiger charge is -2.32. The lowest BCUT2D eigenvalue weighted by molar-refractivity contribution is 0.0931. The van der Waals surface area contributed by atoms with Gasteiger partial charge in [0.15, 0.2) is 11.6 Å². The lowest BCUT2D eigenvalue weighted by Crippen LogP contribution is -2.34. The third-order valence-corrected chi connectivity index (χ3v) is 7.98. The third kappa shape index (κ3) is 5.69. The number of fused-ring (bicyclic) bond motifs is 1. The molecule has 9 nitrogen and oxygen atoms in total. The number of carbonyl (C=O) groups excluding carboxylic acids is 1. The summed E-state index contributed by atoms with van der Waals surface area (Å²) in [7, 11) is 0. The van der Waals surface area contributed by atoms with Gasteiger partial charge in [0.1, 0.15) is 23.8 Å². The van der Waals surface area contributed by atoms with Crippen LogP contribution in [0, 0.1) is 11.6 Å². The predicted octanol–water partition coefficient (Wildman–Crippen LogP) is 4.54. The van der Waals surface area contributed by atoms with Gasteiger partial charge in [0, 0.05) is 49.5 Å². The molecule has 214 valence electrons. The van der Waals surface area contributed by atoms with Crippen molar-refractivity contribution in [1.82, 2.24) is 25.0 Å². The minimum Gasteiger partial charge on any atom is -0.392 e. The topological polar surface area (TPSA) is 108 Å². The van der Waals surface area contributed by atoms with E-state index in [-0.39, 0.29) is 23.8 Å². The smallest absolute Gasteiger partial charge is 0.226 e. The summed E-state index contributed by atoms with van der Waals surface area (Å²) in [5, 5.41) is 14.4. The Morgan fingerprint density at radius 3 is 2.66 bits per heavy atom. The zero-order chi connectivity index (χ0) is 28.5. The standard InChI is InChI=1S/C30H32F2N6O3/c1-2-3-27-35-29(36-41-27)18-6-10-38(11-7-18)30-24-14-20(31)13-23(28(24)33-17-34-30)19-4-5-22(25(32)12-19)26(40)16-37-9-8-21(39)15-37/h4-5,12-14,17-18,21,39H,2-3,6-11,15-16H2,1H3. The number of aromatic nitrogens is 4. The second-order valence-electron chi connectivity index (χ2n) is 10.9. The van der Waals surface area contributed by atoms with Crippen molar-refractivity contribution in [3.05, 3.63) is 65.6 Å². The lowest BCUT2D eigenvalue weighted by atomic mass is 9.95. The molecular formula is C30H32F2N6O3. The number of halogens is 2. The van der Waals surface area contributed by atoms with Gasteiger partial charge in [-0.2, -0.15) is 4.98 Å². The zero-order valence-electron chi connectivity index (χ0n) is 22.9. The summed E-state index contributed by atoms with van der Waals surface area (Å²) >= 11 is 0. The number of Topliss-reactive ketones (excluding diaryl/α,β-unsaturated/α-hetero) is 1. The van der Waals surface area contributed by atoms with E-state index in [0.29, 0.717) is 66.3 Å². The Balaban J connectivity index is 1.24. The first kappa shape index (κ1) is 27.3. The van der Waals surface area contributed by atoms with E-state index >= 15 is 4.39 Å². The summed E-state index contributed by atoms with van der Waals surface area (Å²) in [6, 6.07) is 7.05. The molecule has 4 heterocycles. The molecule has 0 saturated carbocycles. The van der Waals surface area contributed by atoms with E-state index < -0.39 is 17.7 Å². The monoisotopic (exact) mass is 562 g/mol. The molecule has 41 heavy (non-hydrogen) atoms. The van der Waals surface area contributed by atoms with Crippen molar-refractivity contribution in [2.24, 2.45) is 0 Å². The van der Waals surface area contributed by atoms with Crippen LogP contribution in [0.3, 0.4) is 0 Å². The van der Waals surface area contributed by atoms with Gasteiger partial charge in [0.2, 0.25) is 5.89 Å². The van der Waals surface area contributed by atoms with Crippen molar-refractivity contribution in [1.29, 1.82) is 0 Å². The maximum atomic E-state index is 15.2. The van der Waals surface area contributed by atoms with Crippen LogP contribution in [0.2, 0.25) is 0 Å². The molecular weight excluding hydrogens is 530 g/mol. The maximum Gasteiger partial charge on any atom is 0.226 e. The number of benzene rings is 2. The number of hydrogen-bond acceptors (Lipinski definition) is 9. The number of aliphatic hydroxyl groups excluding tert-OH is 1. The molecule has 0 aliphatic carbocycles. The van der Waals surface area contributed by atoms with Crippen molar-refractivity contribution in [3.8, 4) is 11.1 Å². The molecule has 0 bridgehead atoms. The first-order chi connectivity index (χ1) is 19.9. The van der Waals surface area contributed by atoms with Crippen molar-refractivity contribution in [3.63, 3.8) is 0 Å². The SMILES string of the molecule is CCCc1nc(C2CCN(c3ncnc4c(-c5ccc(C(=O)CN6CCC(O)C6)c(F)c5)cc(F)cc34)CC2)no1. The zero-order valence-corrected chi connectivity index (χ0v) is 22.9.